The number of nitrogens with one attached hydrogen (secondary N) is 1. The number of hydrogen-bond acceptors (Lipinski definition) is 5. The molecule has 0 atom stereocenters. The molecule has 1 N–H and O–H groups in total. The maximum atomic E-state index is 12.6. The minimum absolute atomic E-state index is 0.134. The highest BCUT2D eigenvalue weighted by molar-refractivity contribution is 7.99. The van der Waals surface area contributed by atoms with Crippen LogP contribution < -0.4 is 10.1 Å². The minimum atomic E-state index is -0.134. The zero-order valence-electron chi connectivity index (χ0n) is 16.8. The summed E-state index contributed by atoms with van der Waals surface area (Å²) in [7, 11) is 1.64. The van der Waals surface area contributed by atoms with E-state index in [9.17, 15) is 4.79 Å². The number of amides is 1. The summed E-state index contributed by atoms with van der Waals surface area (Å²) < 4.78 is 7.09. The molecular formula is C23H22N4O2S. The first-order chi connectivity index (χ1) is 14.7. The lowest BCUT2D eigenvalue weighted by atomic mass is 10.1. The fourth-order valence-electron chi connectivity index (χ4n) is 3.18. The molecule has 0 unspecified atom stereocenters. The van der Waals surface area contributed by atoms with Crippen molar-refractivity contribution in [2.75, 3.05) is 12.9 Å². The van der Waals surface area contributed by atoms with Crippen molar-refractivity contribution in [3.63, 3.8) is 0 Å². The maximum absolute atomic E-state index is 12.6. The Hall–Kier alpha value is -3.32. The van der Waals surface area contributed by atoms with Gasteiger partial charge in [0.1, 0.15) is 10.8 Å². The summed E-state index contributed by atoms with van der Waals surface area (Å²) in [5, 5.41) is 8.66. The van der Waals surface area contributed by atoms with Gasteiger partial charge in [0.2, 0.25) is 0 Å². The van der Waals surface area contributed by atoms with E-state index >= 15 is 0 Å². The lowest BCUT2D eigenvalue weighted by molar-refractivity contribution is 0.0950. The van der Waals surface area contributed by atoms with Crippen LogP contribution in [-0.4, -0.2) is 33.4 Å². The van der Waals surface area contributed by atoms with Gasteiger partial charge in [-0.25, -0.2) is 9.50 Å². The van der Waals surface area contributed by atoms with Crippen molar-refractivity contribution < 1.29 is 9.53 Å². The Kier molecular flexibility index (Phi) is 5.99. The molecule has 30 heavy (non-hydrogen) atoms. The molecule has 0 radical (unpaired) electrons. The van der Waals surface area contributed by atoms with Gasteiger partial charge in [0.25, 0.3) is 5.91 Å². The number of carbonyl (C=O) groups excluding carboxylic acids is 1. The molecule has 2 aromatic heterocycles. The van der Waals surface area contributed by atoms with Crippen LogP contribution in [-0.2, 0) is 6.54 Å². The van der Waals surface area contributed by atoms with Gasteiger partial charge in [-0.15, -0.1) is 11.8 Å². The first kappa shape index (κ1) is 20.0. The molecule has 2 heterocycles. The second kappa shape index (κ2) is 9.00. The number of fused-ring (bicyclic) bond motifs is 1. The molecule has 0 saturated heterocycles. The SMILES string of the molecule is CCSc1ccc2nc(-c3ccc(OC)cc3)c(CNC(=O)c3ccccc3)n2n1. The molecule has 7 heteroatoms. The summed E-state index contributed by atoms with van der Waals surface area (Å²) in [6, 6.07) is 20.8. The highest BCUT2D eigenvalue weighted by Gasteiger charge is 2.17. The molecule has 0 aliphatic rings. The zero-order chi connectivity index (χ0) is 20.9. The van der Waals surface area contributed by atoms with Crippen LogP contribution in [0, 0.1) is 0 Å². The molecule has 4 rings (SSSR count). The summed E-state index contributed by atoms with van der Waals surface area (Å²) in [5.74, 6) is 1.57. The van der Waals surface area contributed by atoms with Crippen molar-refractivity contribution in [2.45, 2.75) is 18.5 Å². The average molecular weight is 419 g/mol. The van der Waals surface area contributed by atoms with Crippen molar-refractivity contribution in [3.05, 3.63) is 78.0 Å². The molecule has 152 valence electrons. The standard InChI is InChI=1S/C23H22N4O2S/c1-3-30-21-14-13-20-25-22(16-9-11-18(29-2)12-10-16)19(27(20)26-21)15-24-23(28)17-7-5-4-6-8-17/h4-14H,3,15H2,1-2H3,(H,24,28). The lowest BCUT2D eigenvalue weighted by Gasteiger charge is -2.08. The summed E-state index contributed by atoms with van der Waals surface area (Å²) in [5.41, 5.74) is 3.92. The molecule has 0 spiro atoms. The fourth-order valence-corrected chi connectivity index (χ4v) is 3.78. The number of thioether (sulfide) groups is 1. The van der Waals surface area contributed by atoms with Crippen molar-refractivity contribution in [2.24, 2.45) is 0 Å². The number of aromatic nitrogens is 3. The molecule has 6 nitrogen and oxygen atoms in total. The third-order valence-corrected chi connectivity index (χ3v) is 5.46. The van der Waals surface area contributed by atoms with E-state index < -0.39 is 0 Å². The normalized spacial score (nSPS) is 10.9. The van der Waals surface area contributed by atoms with Gasteiger partial charge in [-0.05, 0) is 54.3 Å². The third-order valence-electron chi connectivity index (χ3n) is 4.65. The van der Waals surface area contributed by atoms with Crippen molar-refractivity contribution in [1.82, 2.24) is 19.9 Å². The van der Waals surface area contributed by atoms with Gasteiger partial charge in [0.15, 0.2) is 5.65 Å². The van der Waals surface area contributed by atoms with Crippen LogP contribution in [0.25, 0.3) is 16.9 Å². The Morgan fingerprint density at radius 1 is 1.07 bits per heavy atom. The quantitative estimate of drug-likeness (QED) is 0.449. The highest BCUT2D eigenvalue weighted by Crippen LogP contribution is 2.27. The van der Waals surface area contributed by atoms with E-state index in [0.717, 1.165) is 39.1 Å². The molecule has 0 aliphatic carbocycles. The van der Waals surface area contributed by atoms with E-state index in [1.165, 1.54) is 0 Å². The smallest absolute Gasteiger partial charge is 0.251 e. The molecular weight excluding hydrogens is 396 g/mol. The van der Waals surface area contributed by atoms with Crippen molar-refractivity contribution in [3.8, 4) is 17.0 Å². The molecule has 0 fully saturated rings. The number of rotatable bonds is 7. The Bertz CT molecular complexity index is 1160. The number of ether oxygens (including phenoxy) is 1. The molecule has 1 amide bonds. The number of benzene rings is 2. The topological polar surface area (TPSA) is 68.5 Å². The van der Waals surface area contributed by atoms with Crippen LogP contribution in [0.1, 0.15) is 23.0 Å². The van der Waals surface area contributed by atoms with Crippen LogP contribution in [0.3, 0.4) is 0 Å². The number of carbonyl (C=O) groups is 1. The van der Waals surface area contributed by atoms with E-state index in [0.29, 0.717) is 12.1 Å². The molecule has 2 aromatic carbocycles. The van der Waals surface area contributed by atoms with Crippen LogP contribution in [0.2, 0.25) is 0 Å². The van der Waals surface area contributed by atoms with Crippen molar-refractivity contribution >= 4 is 23.3 Å². The summed E-state index contributed by atoms with van der Waals surface area (Å²) in [6.07, 6.45) is 0. The predicted molar refractivity (Wildman–Crippen MR) is 119 cm³/mol. The monoisotopic (exact) mass is 418 g/mol. The van der Waals surface area contributed by atoms with E-state index in [1.54, 1.807) is 31.0 Å². The molecule has 0 bridgehead atoms. The van der Waals surface area contributed by atoms with Gasteiger partial charge < -0.3 is 10.1 Å². The highest BCUT2D eigenvalue weighted by atomic mass is 32.2. The van der Waals surface area contributed by atoms with Gasteiger partial charge in [0.05, 0.1) is 25.0 Å². The number of methoxy groups -OCH3 is 1. The van der Waals surface area contributed by atoms with Gasteiger partial charge >= 0.3 is 0 Å². The van der Waals surface area contributed by atoms with Crippen LogP contribution in [0.15, 0.2) is 71.8 Å². The Labute approximate surface area is 179 Å². The van der Waals surface area contributed by atoms with E-state index in [-0.39, 0.29) is 5.91 Å². The number of imidazole rings is 1. The minimum Gasteiger partial charge on any atom is -0.497 e. The first-order valence-electron chi connectivity index (χ1n) is 9.68. The molecule has 0 aliphatic heterocycles. The second-order valence-electron chi connectivity index (χ2n) is 6.56. The lowest BCUT2D eigenvalue weighted by Crippen LogP contribution is -2.24. The predicted octanol–water partition coefficient (Wildman–Crippen LogP) is 4.45. The second-order valence-corrected chi connectivity index (χ2v) is 7.84. The van der Waals surface area contributed by atoms with E-state index in [2.05, 4.69) is 12.2 Å². The third kappa shape index (κ3) is 4.16. The molecule has 0 saturated carbocycles. The summed E-state index contributed by atoms with van der Waals surface area (Å²) in [6.45, 7) is 2.40. The number of hydrogen-bond donors (Lipinski definition) is 1. The van der Waals surface area contributed by atoms with Crippen molar-refractivity contribution in [1.29, 1.82) is 0 Å². The largest absolute Gasteiger partial charge is 0.497 e. The van der Waals surface area contributed by atoms with Gasteiger partial charge in [-0.3, -0.25) is 4.79 Å². The molecule has 4 aromatic rings. The van der Waals surface area contributed by atoms with Gasteiger partial charge in [-0.2, -0.15) is 5.10 Å². The first-order valence-corrected chi connectivity index (χ1v) is 10.7. The average Bonchev–Trinajstić information content (AvgIpc) is 3.16. The summed E-state index contributed by atoms with van der Waals surface area (Å²) >= 11 is 1.67. The van der Waals surface area contributed by atoms with Gasteiger partial charge in [-0.1, -0.05) is 25.1 Å². The summed E-state index contributed by atoms with van der Waals surface area (Å²) in [4.78, 5) is 17.4. The Balaban J connectivity index is 1.73. The Morgan fingerprint density at radius 3 is 2.53 bits per heavy atom. The Morgan fingerprint density at radius 2 is 1.83 bits per heavy atom. The maximum Gasteiger partial charge on any atom is 0.251 e. The van der Waals surface area contributed by atoms with Gasteiger partial charge in [0, 0.05) is 11.1 Å². The van der Waals surface area contributed by atoms with Crippen LogP contribution in [0.4, 0.5) is 0 Å². The number of nitrogens with zero attached hydrogens (tertiary/aromatic N) is 3. The van der Waals surface area contributed by atoms with Crippen LogP contribution in [0.5, 0.6) is 5.75 Å². The van der Waals surface area contributed by atoms with E-state index in [4.69, 9.17) is 14.8 Å². The zero-order valence-corrected chi connectivity index (χ0v) is 17.6. The van der Waals surface area contributed by atoms with E-state index in [1.807, 2.05) is 59.1 Å². The van der Waals surface area contributed by atoms with Crippen LogP contribution >= 0.6 is 11.8 Å². The fraction of sp³-hybridized carbons (Fsp3) is 0.174.